The van der Waals surface area contributed by atoms with E-state index in [0.717, 1.165) is 39.3 Å². The van der Waals surface area contributed by atoms with Crippen molar-refractivity contribution in [2.75, 3.05) is 39.3 Å². The molecule has 3 nitrogen and oxygen atoms in total. The molecule has 1 rings (SSSR count). The van der Waals surface area contributed by atoms with E-state index in [-0.39, 0.29) is 38.3 Å². The van der Waals surface area contributed by atoms with Crippen LogP contribution in [0.5, 0.6) is 0 Å². The average molecular weight is 691 g/mol. The Bertz CT molecular complexity index is 567. The Kier molecular flexibility index (Phi) is 30.7. The second kappa shape index (κ2) is 26.3. The van der Waals surface area contributed by atoms with Gasteiger partial charge < -0.3 is 16.0 Å². The maximum atomic E-state index is 12.6. The van der Waals surface area contributed by atoms with Crippen LogP contribution in [0.3, 0.4) is 0 Å². The van der Waals surface area contributed by atoms with E-state index < -0.39 is 30.7 Å². The standard InChI is InChI=1S/C8H4F9Si.3C6H14N.Zr/c9-6(10,11)18(7(12,13)14,8(15,16)17)5-3-1-2-4-5;3*1-3-5-7-6-4-2;/h1-4H;3*3-6H2,1-2H3;/q4*-1;+4. The van der Waals surface area contributed by atoms with Crippen LogP contribution in [0.2, 0.25) is 0 Å². The summed E-state index contributed by atoms with van der Waals surface area (Å²) in [6.45, 7) is 19.2. The van der Waals surface area contributed by atoms with Crippen molar-refractivity contribution in [3.63, 3.8) is 0 Å². The summed E-state index contributed by atoms with van der Waals surface area (Å²) in [7, 11) is -7.72. The van der Waals surface area contributed by atoms with E-state index in [2.05, 4.69) is 57.5 Å². The molecule has 0 radical (unpaired) electrons. The zero-order valence-corrected chi connectivity index (χ0v) is 28.0. The minimum absolute atomic E-state index is 0. The van der Waals surface area contributed by atoms with E-state index in [9.17, 15) is 39.5 Å². The van der Waals surface area contributed by atoms with Gasteiger partial charge in [0.1, 0.15) is 0 Å². The molecule has 0 amide bonds. The molecule has 40 heavy (non-hydrogen) atoms. The van der Waals surface area contributed by atoms with E-state index >= 15 is 0 Å². The van der Waals surface area contributed by atoms with Gasteiger partial charge in [-0.2, -0.15) is 51.6 Å². The molecule has 0 saturated heterocycles. The van der Waals surface area contributed by atoms with Crippen molar-refractivity contribution in [1.29, 1.82) is 0 Å². The first-order valence-corrected chi connectivity index (χ1v) is 15.4. The van der Waals surface area contributed by atoms with Crippen LogP contribution < -0.4 is 5.19 Å². The summed E-state index contributed by atoms with van der Waals surface area (Å²) < 4.78 is 113. The third kappa shape index (κ3) is 19.0. The molecule has 1 aromatic rings. The monoisotopic (exact) mass is 689 g/mol. The molecule has 0 spiro atoms. The van der Waals surface area contributed by atoms with E-state index in [0.29, 0.717) is 12.1 Å². The van der Waals surface area contributed by atoms with E-state index in [4.69, 9.17) is 0 Å². The fraction of sp³-hybridized carbons (Fsp3) is 0.808. The maximum Gasteiger partial charge on any atom is 4.00 e. The van der Waals surface area contributed by atoms with Gasteiger partial charge in [0.05, 0.1) is 0 Å². The van der Waals surface area contributed by atoms with Crippen molar-refractivity contribution in [2.24, 2.45) is 0 Å². The minimum atomic E-state index is -7.72. The second-order valence-electron chi connectivity index (χ2n) is 8.43. The molecule has 0 fully saturated rings. The van der Waals surface area contributed by atoms with Gasteiger partial charge in [-0.25, -0.2) is 12.1 Å². The number of hydrogen-bond acceptors (Lipinski definition) is 0. The van der Waals surface area contributed by atoms with Crippen LogP contribution >= 0.6 is 0 Å². The third-order valence-electron chi connectivity index (χ3n) is 4.66. The molecule has 236 valence electrons. The van der Waals surface area contributed by atoms with E-state index in [1.807, 2.05) is 0 Å². The Morgan fingerprint density at radius 1 is 0.475 bits per heavy atom. The Morgan fingerprint density at radius 2 is 0.675 bits per heavy atom. The Balaban J connectivity index is -0.000000245. The number of alkyl halides is 9. The van der Waals surface area contributed by atoms with Gasteiger partial charge in [-0.1, -0.05) is 80.1 Å². The van der Waals surface area contributed by atoms with Crippen LogP contribution in [0.1, 0.15) is 80.1 Å². The summed E-state index contributed by atoms with van der Waals surface area (Å²) in [4.78, 5) is 0. The van der Waals surface area contributed by atoms with E-state index in [1.54, 1.807) is 0 Å². The smallest absolute Gasteiger partial charge is 0.662 e. The molecule has 0 heterocycles. The summed E-state index contributed by atoms with van der Waals surface area (Å²) in [6, 6.07) is 1.84. The van der Waals surface area contributed by atoms with Crippen molar-refractivity contribution in [3.05, 3.63) is 40.2 Å². The molecule has 0 aliphatic carbocycles. The predicted molar refractivity (Wildman–Crippen MR) is 147 cm³/mol. The second-order valence-corrected chi connectivity index (χ2v) is 12.2. The maximum absolute atomic E-state index is 12.6. The van der Waals surface area contributed by atoms with Crippen LogP contribution in [-0.2, 0) is 26.2 Å². The van der Waals surface area contributed by atoms with Gasteiger partial charge in [0, 0.05) is 0 Å². The van der Waals surface area contributed by atoms with Gasteiger partial charge in [0.2, 0.25) is 0 Å². The Hall–Kier alpha value is -0.300. The first kappa shape index (κ1) is 46.7. The first-order chi connectivity index (χ1) is 18.1. The fourth-order valence-electron chi connectivity index (χ4n) is 2.88. The van der Waals surface area contributed by atoms with Crippen LogP contribution in [0, 0.1) is 0 Å². The molecule has 0 unspecified atom stereocenters. The summed E-state index contributed by atoms with van der Waals surface area (Å²) in [5.74, 6) is -19.2. The van der Waals surface area contributed by atoms with Gasteiger partial charge in [0.15, 0.2) is 0 Å². The zero-order valence-electron chi connectivity index (χ0n) is 24.5. The summed E-state index contributed by atoms with van der Waals surface area (Å²) in [5, 5.41) is 10.9. The van der Waals surface area contributed by atoms with Crippen LogP contribution in [0.15, 0.2) is 24.3 Å². The molecule has 0 aromatic heterocycles. The molecule has 0 aliphatic rings. The largest absolute Gasteiger partial charge is 4.00 e. The van der Waals surface area contributed by atoms with Crippen molar-refractivity contribution >= 4 is 13.3 Å². The Labute approximate surface area is 255 Å². The average Bonchev–Trinajstić information content (AvgIpc) is 3.33. The van der Waals surface area contributed by atoms with Crippen molar-refractivity contribution in [3.8, 4) is 0 Å². The third-order valence-corrected chi connectivity index (χ3v) is 8.41. The van der Waals surface area contributed by atoms with Crippen molar-refractivity contribution in [1.82, 2.24) is 0 Å². The summed E-state index contributed by atoms with van der Waals surface area (Å²) in [5.41, 5.74) is 0. The number of nitrogens with zero attached hydrogens (tertiary/aromatic N) is 3. The molecule has 0 saturated carbocycles. The molecule has 0 aliphatic heterocycles. The van der Waals surface area contributed by atoms with Crippen LogP contribution in [0.4, 0.5) is 39.5 Å². The van der Waals surface area contributed by atoms with Crippen molar-refractivity contribution < 1.29 is 65.7 Å². The number of rotatable bonds is 13. The van der Waals surface area contributed by atoms with Gasteiger partial charge >= 0.3 is 51.7 Å². The molecular weight excluding hydrogens is 645 g/mol. The van der Waals surface area contributed by atoms with Gasteiger partial charge in [-0.3, -0.25) is 0 Å². The predicted octanol–water partition coefficient (Wildman–Crippen LogP) is 9.90. The quantitative estimate of drug-likeness (QED) is 0.0856. The summed E-state index contributed by atoms with van der Waals surface area (Å²) >= 11 is 0. The molecule has 0 bridgehead atoms. The molecule has 1 aromatic carbocycles. The van der Waals surface area contributed by atoms with E-state index in [1.165, 1.54) is 38.5 Å². The molecule has 0 N–H and O–H groups in total. The van der Waals surface area contributed by atoms with Crippen LogP contribution in [-0.4, -0.2) is 64.7 Å². The zero-order chi connectivity index (χ0) is 31.0. The van der Waals surface area contributed by atoms with Gasteiger partial charge in [0.25, 0.3) is 0 Å². The number of halogens is 9. The van der Waals surface area contributed by atoms with Crippen LogP contribution in [0.25, 0.3) is 16.0 Å². The molecule has 14 heteroatoms. The minimum Gasteiger partial charge on any atom is -0.662 e. The fourth-order valence-corrected chi connectivity index (χ4v) is 5.52. The first-order valence-electron chi connectivity index (χ1n) is 13.4. The van der Waals surface area contributed by atoms with Gasteiger partial charge in [-0.05, 0) is 0 Å². The Morgan fingerprint density at radius 3 is 0.825 bits per heavy atom. The van der Waals surface area contributed by atoms with Crippen molar-refractivity contribution in [2.45, 2.75) is 97.5 Å². The normalized spacial score (nSPS) is 11.7. The van der Waals surface area contributed by atoms with Gasteiger partial charge in [-0.15, -0.1) is 44.5 Å². The number of hydrogen-bond donors (Lipinski definition) is 0. The molecular formula is C26H46F9N3SiZr. The SMILES string of the molecule is CCC[N-]CCC.CCC[N-]CCC.CCC[N-]CCC.FC(F)(F)[Si]([c-]1cccc1)(C(F)(F)F)C(F)(F)F.[Zr+4]. The molecule has 0 atom stereocenters. The summed E-state index contributed by atoms with van der Waals surface area (Å²) in [6.07, 6.45) is 7.17. The topological polar surface area (TPSA) is 42.3 Å².